The van der Waals surface area contributed by atoms with Crippen LogP contribution in [0.1, 0.15) is 12.0 Å². The summed E-state index contributed by atoms with van der Waals surface area (Å²) in [6.45, 7) is -0.249. The number of aliphatic hydroxyl groups is 2. The fourth-order valence-electron chi connectivity index (χ4n) is 3.21. The number of hydrogen-bond acceptors (Lipinski definition) is 2. The Morgan fingerprint density at radius 3 is 2.42 bits per heavy atom. The van der Waals surface area contributed by atoms with E-state index >= 15 is 0 Å². The molecule has 1 aliphatic carbocycles. The van der Waals surface area contributed by atoms with Crippen LogP contribution in [0, 0.1) is 0 Å². The van der Waals surface area contributed by atoms with Gasteiger partial charge in [-0.05, 0) is 32.3 Å². The molecule has 1 unspecified atom stereocenters. The van der Waals surface area contributed by atoms with Gasteiger partial charge < -0.3 is 10.2 Å². The monoisotopic (exact) mass is 250 g/mol. The van der Waals surface area contributed by atoms with Crippen LogP contribution in [0.15, 0.2) is 42.5 Å². The van der Waals surface area contributed by atoms with Gasteiger partial charge in [-0.3, -0.25) is 0 Å². The fraction of sp³-hybridized carbons (Fsp3) is 0.176. The van der Waals surface area contributed by atoms with E-state index in [4.69, 9.17) is 0 Å². The molecule has 0 fully saturated rings. The number of aliphatic hydroxyl groups excluding tert-OH is 1. The minimum atomic E-state index is -1.15. The molecule has 2 heteroatoms. The molecule has 2 N–H and O–H groups in total. The summed E-state index contributed by atoms with van der Waals surface area (Å²) in [4.78, 5) is 0. The van der Waals surface area contributed by atoms with Gasteiger partial charge in [-0.2, -0.15) is 0 Å². The van der Waals surface area contributed by atoms with Crippen LogP contribution >= 0.6 is 0 Å². The molecule has 2 nitrogen and oxygen atoms in total. The van der Waals surface area contributed by atoms with Crippen LogP contribution in [0.3, 0.4) is 0 Å². The first-order valence-electron chi connectivity index (χ1n) is 6.51. The molecule has 94 valence electrons. The lowest BCUT2D eigenvalue weighted by Crippen LogP contribution is -2.34. The molecule has 4 rings (SSSR count). The Kier molecular flexibility index (Phi) is 2.06. The van der Waals surface area contributed by atoms with Gasteiger partial charge >= 0.3 is 0 Å². The molecule has 0 heterocycles. The predicted octanol–water partition coefficient (Wildman–Crippen LogP) is 2.08. The third-order valence-corrected chi connectivity index (χ3v) is 4.23. The summed E-state index contributed by atoms with van der Waals surface area (Å²) in [6.07, 6.45) is 2.48. The summed E-state index contributed by atoms with van der Waals surface area (Å²) in [6, 6.07) is 14.4. The van der Waals surface area contributed by atoms with Gasteiger partial charge in [-0.1, -0.05) is 48.5 Å². The highest BCUT2D eigenvalue weighted by Gasteiger charge is 2.32. The van der Waals surface area contributed by atoms with Gasteiger partial charge in [-0.25, -0.2) is 0 Å². The van der Waals surface area contributed by atoms with E-state index in [0.29, 0.717) is 6.42 Å². The lowest BCUT2D eigenvalue weighted by Gasteiger charge is -2.30. The molecule has 0 saturated carbocycles. The SMILES string of the molecule is OCC1(O)CC=c2ccc3cccc4ccc1c2c43. The standard InChI is InChI=1S/C17H14O2/c18-10-17(19)9-8-13-5-4-11-2-1-3-12-6-7-14(17)16(13)15(11)12/h1-8,18-19H,9-10H2. The first-order chi connectivity index (χ1) is 9.23. The van der Waals surface area contributed by atoms with E-state index < -0.39 is 5.60 Å². The summed E-state index contributed by atoms with van der Waals surface area (Å²) < 4.78 is 0. The average Bonchev–Trinajstić information content (AvgIpc) is 2.47. The summed E-state index contributed by atoms with van der Waals surface area (Å²) in [7, 11) is 0. The predicted molar refractivity (Wildman–Crippen MR) is 76.7 cm³/mol. The minimum Gasteiger partial charge on any atom is -0.393 e. The second-order valence-electron chi connectivity index (χ2n) is 5.32. The Morgan fingerprint density at radius 2 is 1.68 bits per heavy atom. The molecule has 3 aromatic rings. The minimum absolute atomic E-state index is 0.249. The van der Waals surface area contributed by atoms with Gasteiger partial charge in [0.15, 0.2) is 0 Å². The molecular weight excluding hydrogens is 236 g/mol. The molecule has 0 amide bonds. The van der Waals surface area contributed by atoms with Crippen molar-refractivity contribution >= 4 is 27.6 Å². The van der Waals surface area contributed by atoms with Crippen LogP contribution in [-0.2, 0) is 5.60 Å². The van der Waals surface area contributed by atoms with E-state index in [-0.39, 0.29) is 6.61 Å². The lowest BCUT2D eigenvalue weighted by atomic mass is 9.81. The Labute approximate surface area is 110 Å². The van der Waals surface area contributed by atoms with Crippen molar-refractivity contribution in [3.05, 3.63) is 53.2 Å². The highest BCUT2D eigenvalue weighted by Crippen LogP contribution is 2.36. The Morgan fingerprint density at radius 1 is 0.947 bits per heavy atom. The van der Waals surface area contributed by atoms with Crippen molar-refractivity contribution in [2.75, 3.05) is 6.61 Å². The van der Waals surface area contributed by atoms with Gasteiger partial charge in [0.05, 0.1) is 6.61 Å². The molecule has 0 spiro atoms. The summed E-state index contributed by atoms with van der Waals surface area (Å²) >= 11 is 0. The third-order valence-electron chi connectivity index (χ3n) is 4.23. The number of hydrogen-bond donors (Lipinski definition) is 2. The molecule has 0 saturated heterocycles. The molecule has 3 aromatic carbocycles. The molecule has 0 radical (unpaired) electrons. The van der Waals surface area contributed by atoms with Crippen LogP contribution in [0.25, 0.3) is 27.6 Å². The van der Waals surface area contributed by atoms with Crippen LogP contribution < -0.4 is 5.22 Å². The van der Waals surface area contributed by atoms with E-state index in [0.717, 1.165) is 16.2 Å². The first-order valence-corrected chi connectivity index (χ1v) is 6.51. The average molecular weight is 250 g/mol. The van der Waals surface area contributed by atoms with E-state index in [2.05, 4.69) is 24.3 Å². The zero-order chi connectivity index (χ0) is 13.0. The molecule has 0 aliphatic heterocycles. The second kappa shape index (κ2) is 3.56. The van der Waals surface area contributed by atoms with Crippen LogP contribution in [0.5, 0.6) is 0 Å². The van der Waals surface area contributed by atoms with Crippen molar-refractivity contribution < 1.29 is 10.2 Å². The van der Waals surface area contributed by atoms with Gasteiger partial charge in [0.2, 0.25) is 0 Å². The number of rotatable bonds is 1. The van der Waals surface area contributed by atoms with Crippen molar-refractivity contribution in [2.45, 2.75) is 12.0 Å². The lowest BCUT2D eigenvalue weighted by molar-refractivity contribution is -0.0131. The van der Waals surface area contributed by atoms with Gasteiger partial charge in [0.1, 0.15) is 5.60 Å². The molecule has 0 aromatic heterocycles. The maximum Gasteiger partial charge on any atom is 0.117 e. The maximum absolute atomic E-state index is 10.6. The molecular formula is C17H14O2. The summed E-state index contributed by atoms with van der Waals surface area (Å²) in [5.74, 6) is 0. The van der Waals surface area contributed by atoms with Crippen molar-refractivity contribution in [1.29, 1.82) is 0 Å². The fourth-order valence-corrected chi connectivity index (χ4v) is 3.21. The second-order valence-corrected chi connectivity index (χ2v) is 5.32. The highest BCUT2D eigenvalue weighted by atomic mass is 16.3. The van der Waals surface area contributed by atoms with Gasteiger partial charge in [0.25, 0.3) is 0 Å². The quantitative estimate of drug-likeness (QED) is 0.694. The largest absolute Gasteiger partial charge is 0.393 e. The summed E-state index contributed by atoms with van der Waals surface area (Å²) in [5, 5.41) is 25.9. The molecule has 0 bridgehead atoms. The van der Waals surface area contributed by atoms with Crippen LogP contribution in [-0.4, -0.2) is 16.8 Å². The van der Waals surface area contributed by atoms with Gasteiger partial charge in [-0.15, -0.1) is 0 Å². The molecule has 1 atom stereocenters. The maximum atomic E-state index is 10.6. The van der Waals surface area contributed by atoms with Crippen molar-refractivity contribution in [3.63, 3.8) is 0 Å². The number of benzene rings is 3. The van der Waals surface area contributed by atoms with Crippen LogP contribution in [0.2, 0.25) is 0 Å². The van der Waals surface area contributed by atoms with E-state index in [1.165, 1.54) is 16.2 Å². The smallest absolute Gasteiger partial charge is 0.117 e. The van der Waals surface area contributed by atoms with Crippen molar-refractivity contribution in [1.82, 2.24) is 0 Å². The van der Waals surface area contributed by atoms with Crippen molar-refractivity contribution in [2.24, 2.45) is 0 Å². The van der Waals surface area contributed by atoms with Gasteiger partial charge in [0, 0.05) is 6.42 Å². The Hall–Kier alpha value is -1.90. The molecule has 19 heavy (non-hydrogen) atoms. The summed E-state index contributed by atoms with van der Waals surface area (Å²) in [5.41, 5.74) is -0.303. The van der Waals surface area contributed by atoms with E-state index in [1.807, 2.05) is 24.3 Å². The zero-order valence-corrected chi connectivity index (χ0v) is 10.4. The van der Waals surface area contributed by atoms with E-state index in [1.54, 1.807) is 0 Å². The topological polar surface area (TPSA) is 40.5 Å². The Balaban J connectivity index is 2.30. The zero-order valence-electron chi connectivity index (χ0n) is 10.4. The first kappa shape index (κ1) is 11.0. The van der Waals surface area contributed by atoms with Crippen LogP contribution in [0.4, 0.5) is 0 Å². The van der Waals surface area contributed by atoms with E-state index in [9.17, 15) is 10.2 Å². The third kappa shape index (κ3) is 1.33. The molecule has 1 aliphatic rings. The normalized spacial score (nSPS) is 21.8. The Bertz CT molecular complexity index is 835. The highest BCUT2D eigenvalue weighted by molar-refractivity contribution is 6.12. The van der Waals surface area contributed by atoms with Crippen molar-refractivity contribution in [3.8, 4) is 0 Å².